The molecule has 0 radical (unpaired) electrons. The van der Waals surface area contributed by atoms with Crippen molar-refractivity contribution >= 4 is 23.1 Å². The van der Waals surface area contributed by atoms with Crippen LogP contribution in [0.5, 0.6) is 0 Å². The summed E-state index contributed by atoms with van der Waals surface area (Å²) in [6.07, 6.45) is 8.67. The molecule has 0 unspecified atom stereocenters. The van der Waals surface area contributed by atoms with E-state index in [2.05, 4.69) is 42.0 Å². The minimum atomic E-state index is 0.335. The van der Waals surface area contributed by atoms with Crippen molar-refractivity contribution in [2.75, 3.05) is 17.2 Å². The summed E-state index contributed by atoms with van der Waals surface area (Å²) >= 11 is 0. The van der Waals surface area contributed by atoms with Crippen molar-refractivity contribution in [1.82, 2.24) is 34.7 Å². The third-order valence-electron chi connectivity index (χ3n) is 5.95. The monoisotopic (exact) mass is 392 g/mol. The van der Waals surface area contributed by atoms with E-state index in [9.17, 15) is 0 Å². The van der Waals surface area contributed by atoms with Crippen LogP contribution in [0.15, 0.2) is 18.6 Å². The van der Waals surface area contributed by atoms with Gasteiger partial charge in [0.15, 0.2) is 17.5 Å². The van der Waals surface area contributed by atoms with Crippen molar-refractivity contribution in [3.63, 3.8) is 0 Å². The lowest BCUT2D eigenvalue weighted by Gasteiger charge is -2.39. The molecule has 5 rings (SSSR count). The van der Waals surface area contributed by atoms with Crippen molar-refractivity contribution in [3.8, 4) is 6.07 Å². The maximum absolute atomic E-state index is 8.93. The molecule has 2 bridgehead atoms. The molecule has 0 amide bonds. The number of hydrogen-bond acceptors (Lipinski definition) is 8. The van der Waals surface area contributed by atoms with Gasteiger partial charge in [-0.2, -0.15) is 10.4 Å². The maximum Gasteiger partial charge on any atom is 0.203 e. The Morgan fingerprint density at radius 1 is 1.28 bits per heavy atom. The van der Waals surface area contributed by atoms with Crippen molar-refractivity contribution in [2.45, 2.75) is 57.2 Å². The van der Waals surface area contributed by atoms with Crippen molar-refractivity contribution in [1.29, 1.82) is 5.26 Å². The lowest BCUT2D eigenvalue weighted by Crippen LogP contribution is -2.47. The van der Waals surface area contributed by atoms with Gasteiger partial charge in [-0.25, -0.2) is 4.98 Å². The summed E-state index contributed by atoms with van der Waals surface area (Å²) in [7, 11) is 0. The SMILES string of the molecule is Cc1cc(Nc2cn3cnnc3c(N[C@@H]3C[C@H]4CC[C@@H](C3)N4CCC#N)n2)n[nH]1. The van der Waals surface area contributed by atoms with Gasteiger partial charge in [-0.1, -0.05) is 0 Å². The average molecular weight is 392 g/mol. The molecule has 0 aromatic carbocycles. The molecule has 10 heteroatoms. The number of nitriles is 1. The Morgan fingerprint density at radius 2 is 2.10 bits per heavy atom. The fraction of sp³-hybridized carbons (Fsp3) is 0.526. The Balaban J connectivity index is 1.35. The Morgan fingerprint density at radius 3 is 2.83 bits per heavy atom. The van der Waals surface area contributed by atoms with E-state index in [4.69, 9.17) is 10.2 Å². The minimum absolute atomic E-state index is 0.335. The average Bonchev–Trinajstić information content (AvgIpc) is 3.39. The summed E-state index contributed by atoms with van der Waals surface area (Å²) in [6.45, 7) is 2.84. The normalized spacial score (nSPS) is 23.9. The van der Waals surface area contributed by atoms with Crippen LogP contribution in [0.1, 0.15) is 37.8 Å². The van der Waals surface area contributed by atoms with Crippen LogP contribution in [0.4, 0.5) is 17.5 Å². The van der Waals surface area contributed by atoms with Gasteiger partial charge in [-0.05, 0) is 32.6 Å². The van der Waals surface area contributed by atoms with Gasteiger partial charge in [0.05, 0.1) is 12.3 Å². The zero-order valence-electron chi connectivity index (χ0n) is 16.3. The van der Waals surface area contributed by atoms with Crippen LogP contribution in [0.2, 0.25) is 0 Å². The third kappa shape index (κ3) is 3.49. The van der Waals surface area contributed by atoms with Gasteiger partial charge in [-0.3, -0.25) is 14.4 Å². The lowest BCUT2D eigenvalue weighted by atomic mass is 9.97. The predicted molar refractivity (Wildman–Crippen MR) is 108 cm³/mol. The number of rotatable bonds is 6. The Hall–Kier alpha value is -3.19. The van der Waals surface area contributed by atoms with Crippen LogP contribution in [-0.4, -0.2) is 59.3 Å². The van der Waals surface area contributed by atoms with Crippen LogP contribution in [-0.2, 0) is 0 Å². The first-order valence-electron chi connectivity index (χ1n) is 10.1. The molecule has 3 aromatic rings. The summed E-state index contributed by atoms with van der Waals surface area (Å²) in [5.74, 6) is 2.13. The van der Waals surface area contributed by atoms with Crippen molar-refractivity contribution < 1.29 is 0 Å². The molecule has 5 heterocycles. The van der Waals surface area contributed by atoms with Crippen LogP contribution in [0, 0.1) is 18.3 Å². The number of nitrogens with zero attached hydrogens (tertiary/aromatic N) is 7. The second kappa shape index (κ2) is 7.33. The minimum Gasteiger partial charge on any atom is -0.364 e. The molecule has 2 fully saturated rings. The number of piperidine rings is 1. The first kappa shape index (κ1) is 17.9. The molecule has 10 nitrogen and oxygen atoms in total. The highest BCUT2D eigenvalue weighted by Gasteiger charge is 2.40. The van der Waals surface area contributed by atoms with E-state index in [0.29, 0.717) is 36.0 Å². The van der Waals surface area contributed by atoms with Gasteiger partial charge in [0.25, 0.3) is 0 Å². The van der Waals surface area contributed by atoms with Crippen LogP contribution >= 0.6 is 0 Å². The molecule has 29 heavy (non-hydrogen) atoms. The molecule has 3 atom stereocenters. The van der Waals surface area contributed by atoms with Gasteiger partial charge in [0.1, 0.15) is 6.33 Å². The fourth-order valence-corrected chi connectivity index (χ4v) is 4.74. The van der Waals surface area contributed by atoms with Crippen molar-refractivity contribution in [3.05, 3.63) is 24.3 Å². The number of fused-ring (bicyclic) bond motifs is 3. The zero-order valence-corrected chi connectivity index (χ0v) is 16.3. The number of nitrogens with one attached hydrogen (secondary N) is 3. The highest BCUT2D eigenvalue weighted by Crippen LogP contribution is 2.37. The second-order valence-electron chi connectivity index (χ2n) is 7.94. The molecule has 150 valence electrons. The number of H-pyrrole nitrogens is 1. The summed E-state index contributed by atoms with van der Waals surface area (Å²) in [4.78, 5) is 7.28. The van der Waals surface area contributed by atoms with Crippen molar-refractivity contribution in [2.24, 2.45) is 0 Å². The maximum atomic E-state index is 8.93. The largest absolute Gasteiger partial charge is 0.364 e. The number of hydrogen-bond donors (Lipinski definition) is 3. The molecule has 0 saturated carbocycles. The predicted octanol–water partition coefficient (Wildman–Crippen LogP) is 2.22. The van der Waals surface area contributed by atoms with Gasteiger partial charge in [0, 0.05) is 42.9 Å². The highest BCUT2D eigenvalue weighted by molar-refractivity contribution is 5.66. The molecule has 0 aliphatic carbocycles. The zero-order chi connectivity index (χ0) is 19.8. The standard InChI is InChI=1S/C19H24N10/c1-12-7-16(26-25-12)23-17-10-28-11-21-27-19(28)18(24-17)22-13-8-14-3-4-15(9-13)29(14)6-2-5-20/h7,10-11,13-15H,2-4,6,8-9H2,1H3,(H,22,24)(H2,23,25,26)/t13-,14-,15+. The summed E-state index contributed by atoms with van der Waals surface area (Å²) in [5.41, 5.74) is 1.70. The molecular formula is C19H24N10. The van der Waals surface area contributed by atoms with E-state index < -0.39 is 0 Å². The Labute approximate surface area is 168 Å². The van der Waals surface area contributed by atoms with E-state index in [-0.39, 0.29) is 0 Å². The Bertz CT molecular complexity index is 1030. The molecule has 2 aliphatic heterocycles. The molecular weight excluding hydrogens is 368 g/mol. The number of aromatic nitrogens is 6. The second-order valence-corrected chi connectivity index (χ2v) is 7.94. The Kier molecular flexibility index (Phi) is 4.52. The van der Waals surface area contributed by atoms with Gasteiger partial charge >= 0.3 is 0 Å². The highest BCUT2D eigenvalue weighted by atomic mass is 15.3. The number of anilines is 3. The first-order valence-corrected chi connectivity index (χ1v) is 10.1. The lowest BCUT2D eigenvalue weighted by molar-refractivity contribution is 0.136. The topological polar surface area (TPSA) is 123 Å². The molecule has 0 spiro atoms. The van der Waals surface area contributed by atoms with E-state index in [1.165, 1.54) is 12.8 Å². The van der Waals surface area contributed by atoms with E-state index in [1.54, 1.807) is 6.33 Å². The molecule has 2 saturated heterocycles. The van der Waals surface area contributed by atoms with E-state index >= 15 is 0 Å². The van der Waals surface area contributed by atoms with Crippen LogP contribution < -0.4 is 10.6 Å². The summed E-state index contributed by atoms with van der Waals surface area (Å²) in [5, 5.41) is 31.2. The summed E-state index contributed by atoms with van der Waals surface area (Å²) in [6, 6.07) is 5.63. The smallest absolute Gasteiger partial charge is 0.203 e. The molecule has 2 aliphatic rings. The van der Waals surface area contributed by atoms with E-state index in [0.717, 1.165) is 36.7 Å². The summed E-state index contributed by atoms with van der Waals surface area (Å²) < 4.78 is 1.87. The fourth-order valence-electron chi connectivity index (χ4n) is 4.74. The van der Waals surface area contributed by atoms with Gasteiger partial charge in [0.2, 0.25) is 5.65 Å². The number of aromatic amines is 1. The number of aryl methyl sites for hydroxylation is 1. The third-order valence-corrected chi connectivity index (χ3v) is 5.95. The molecule has 3 N–H and O–H groups in total. The van der Waals surface area contributed by atoms with Crippen LogP contribution in [0.3, 0.4) is 0 Å². The quantitative estimate of drug-likeness (QED) is 0.583. The van der Waals surface area contributed by atoms with Gasteiger partial charge in [-0.15, -0.1) is 10.2 Å². The molecule has 3 aromatic heterocycles. The first-order chi connectivity index (χ1) is 14.2. The van der Waals surface area contributed by atoms with E-state index in [1.807, 2.05) is 23.6 Å². The van der Waals surface area contributed by atoms with Crippen LogP contribution in [0.25, 0.3) is 5.65 Å². The van der Waals surface area contributed by atoms with Gasteiger partial charge < -0.3 is 10.6 Å².